The van der Waals surface area contributed by atoms with Gasteiger partial charge in [-0.05, 0) is 52.2 Å². The molecule has 7 nitrogen and oxygen atoms in total. The summed E-state index contributed by atoms with van der Waals surface area (Å²) >= 11 is 0. The van der Waals surface area contributed by atoms with Crippen molar-refractivity contribution in [2.75, 3.05) is 0 Å². The summed E-state index contributed by atoms with van der Waals surface area (Å²) in [5, 5.41) is 15.6. The Morgan fingerprint density at radius 2 is 1.22 bits per heavy atom. The van der Waals surface area contributed by atoms with Gasteiger partial charge in [0.1, 0.15) is 0 Å². The van der Waals surface area contributed by atoms with Crippen LogP contribution in [-0.2, 0) is 19.2 Å². The van der Waals surface area contributed by atoms with Gasteiger partial charge in [0.25, 0.3) is 0 Å². The van der Waals surface area contributed by atoms with E-state index in [-0.39, 0.29) is 36.0 Å². The first-order valence-corrected chi connectivity index (χ1v) is 16.1. The molecule has 1 saturated heterocycles. The molecule has 1 fully saturated rings. The van der Waals surface area contributed by atoms with Crippen molar-refractivity contribution in [2.24, 2.45) is 40.2 Å². The van der Waals surface area contributed by atoms with E-state index in [0.29, 0.717) is 5.56 Å². The average Bonchev–Trinajstić information content (AvgIpc) is 3.25. The molecule has 3 aromatic rings. The van der Waals surface area contributed by atoms with Gasteiger partial charge in [0.15, 0.2) is 0 Å². The molecule has 0 bridgehead atoms. The first kappa shape index (κ1) is 34.6. The van der Waals surface area contributed by atoms with E-state index in [2.05, 4.69) is 5.32 Å². The molecule has 0 spiro atoms. The number of nitrogens with one attached hydrogen (secondary N) is 1. The highest BCUT2D eigenvalue weighted by atomic mass is 16.4. The van der Waals surface area contributed by atoms with E-state index in [9.17, 15) is 24.3 Å². The summed E-state index contributed by atoms with van der Waals surface area (Å²) in [6.07, 6.45) is 0.176. The van der Waals surface area contributed by atoms with E-state index in [0.717, 1.165) is 11.1 Å². The van der Waals surface area contributed by atoms with Gasteiger partial charge in [-0.3, -0.25) is 19.7 Å². The maximum atomic E-state index is 13.6. The summed E-state index contributed by atoms with van der Waals surface area (Å²) < 4.78 is 0. The van der Waals surface area contributed by atoms with Crippen LogP contribution >= 0.6 is 0 Å². The van der Waals surface area contributed by atoms with Crippen LogP contribution in [-0.4, -0.2) is 23.7 Å². The summed E-state index contributed by atoms with van der Waals surface area (Å²) in [6, 6.07) is 28.4. The SMILES string of the molecule is CC(C)(C)C(CC(C(=O)[O-])C(C(N)=O)C(CC1C(=O)NC(=O)C1C(c1ccccc1)C(C)(C)C)c1ccccc1)c1ccccc1. The van der Waals surface area contributed by atoms with Gasteiger partial charge in [-0.1, -0.05) is 133 Å². The zero-order valence-corrected chi connectivity index (χ0v) is 27.7. The van der Waals surface area contributed by atoms with Gasteiger partial charge >= 0.3 is 0 Å². The van der Waals surface area contributed by atoms with Gasteiger partial charge in [-0.15, -0.1) is 0 Å². The first-order valence-electron chi connectivity index (χ1n) is 16.1. The van der Waals surface area contributed by atoms with Crippen LogP contribution in [0.3, 0.4) is 0 Å². The molecule has 7 heteroatoms. The highest BCUT2D eigenvalue weighted by molar-refractivity contribution is 6.05. The van der Waals surface area contributed by atoms with Gasteiger partial charge in [-0.25, -0.2) is 0 Å². The number of nitrogens with two attached hydrogens (primary N) is 1. The molecule has 244 valence electrons. The van der Waals surface area contributed by atoms with Crippen LogP contribution in [0.1, 0.15) is 88.8 Å². The Morgan fingerprint density at radius 1 is 0.739 bits per heavy atom. The monoisotopic (exact) mass is 623 g/mol. The Balaban J connectivity index is 1.83. The third-order valence-electron chi connectivity index (χ3n) is 9.74. The molecule has 1 heterocycles. The number of imide groups is 1. The number of rotatable bonds is 12. The Labute approximate surface area is 273 Å². The second-order valence-corrected chi connectivity index (χ2v) is 14.9. The van der Waals surface area contributed by atoms with Crippen molar-refractivity contribution in [1.82, 2.24) is 5.32 Å². The molecule has 3 N–H and O–H groups in total. The molecule has 0 saturated carbocycles. The molecule has 4 rings (SSSR count). The highest BCUT2D eigenvalue weighted by Crippen LogP contribution is 2.50. The maximum absolute atomic E-state index is 13.6. The predicted octanol–water partition coefficient (Wildman–Crippen LogP) is 5.57. The van der Waals surface area contributed by atoms with Crippen LogP contribution < -0.4 is 16.2 Å². The zero-order valence-electron chi connectivity index (χ0n) is 27.7. The van der Waals surface area contributed by atoms with E-state index in [1.54, 1.807) is 0 Å². The molecule has 0 aliphatic carbocycles. The van der Waals surface area contributed by atoms with Crippen LogP contribution in [0.5, 0.6) is 0 Å². The number of carbonyl (C=O) groups is 4. The van der Waals surface area contributed by atoms with Gasteiger partial charge in [0.05, 0.1) is 17.8 Å². The summed E-state index contributed by atoms with van der Waals surface area (Å²) in [6.45, 7) is 12.3. The van der Waals surface area contributed by atoms with Gasteiger partial charge in [-0.2, -0.15) is 0 Å². The predicted molar refractivity (Wildman–Crippen MR) is 177 cm³/mol. The number of carboxylic acids is 1. The second kappa shape index (κ2) is 14.0. The lowest BCUT2D eigenvalue weighted by atomic mass is 9.62. The van der Waals surface area contributed by atoms with Crippen LogP contribution in [0.25, 0.3) is 0 Å². The van der Waals surface area contributed by atoms with Crippen molar-refractivity contribution in [3.63, 3.8) is 0 Å². The van der Waals surface area contributed by atoms with Crippen LogP contribution in [0.4, 0.5) is 0 Å². The first-order chi connectivity index (χ1) is 21.6. The third kappa shape index (κ3) is 7.75. The fourth-order valence-electron chi connectivity index (χ4n) is 7.65. The number of hydrogen-bond acceptors (Lipinski definition) is 5. The molecule has 0 radical (unpaired) electrons. The number of carboxylic acid groups (broad SMARTS) is 1. The fraction of sp³-hybridized carbons (Fsp3) is 0.436. The zero-order chi connectivity index (χ0) is 33.8. The Bertz CT molecular complexity index is 1510. The number of benzene rings is 3. The number of primary amides is 1. The molecule has 1 aliphatic heterocycles. The van der Waals surface area contributed by atoms with Crippen molar-refractivity contribution in [2.45, 2.75) is 72.1 Å². The molecule has 46 heavy (non-hydrogen) atoms. The van der Waals surface area contributed by atoms with E-state index in [1.165, 1.54) is 0 Å². The van der Waals surface area contributed by atoms with E-state index in [4.69, 9.17) is 5.73 Å². The number of hydrogen-bond donors (Lipinski definition) is 2. The van der Waals surface area contributed by atoms with E-state index < -0.39 is 52.8 Å². The molecule has 1 aliphatic rings. The Morgan fingerprint density at radius 3 is 1.65 bits per heavy atom. The van der Waals surface area contributed by atoms with E-state index >= 15 is 0 Å². The number of amides is 3. The minimum atomic E-state index is -1.37. The topological polar surface area (TPSA) is 129 Å². The van der Waals surface area contributed by atoms with Gasteiger partial charge in [0.2, 0.25) is 17.7 Å². The van der Waals surface area contributed by atoms with Crippen LogP contribution in [0.15, 0.2) is 91.0 Å². The Kier molecular flexibility index (Phi) is 10.5. The quantitative estimate of drug-likeness (QED) is 0.255. The largest absolute Gasteiger partial charge is 0.550 e. The summed E-state index contributed by atoms with van der Waals surface area (Å²) in [4.78, 5) is 53.8. The lowest BCUT2D eigenvalue weighted by molar-refractivity contribution is -0.314. The number of carbonyl (C=O) groups excluding carboxylic acids is 4. The van der Waals surface area contributed by atoms with Crippen molar-refractivity contribution in [1.29, 1.82) is 0 Å². The summed E-state index contributed by atoms with van der Waals surface area (Å²) in [5.41, 5.74) is 7.95. The summed E-state index contributed by atoms with van der Waals surface area (Å²) in [7, 11) is 0. The van der Waals surface area contributed by atoms with Gasteiger partial charge < -0.3 is 15.6 Å². The minimum absolute atomic E-state index is 0.0641. The van der Waals surface area contributed by atoms with Gasteiger partial charge in [0, 0.05) is 17.8 Å². The molecule has 7 atom stereocenters. The molecule has 3 amide bonds. The normalized spacial score (nSPS) is 20.3. The van der Waals surface area contributed by atoms with Crippen molar-refractivity contribution in [3.8, 4) is 0 Å². The molecule has 3 aromatic carbocycles. The third-order valence-corrected chi connectivity index (χ3v) is 9.74. The Hall–Kier alpha value is -4.26. The lowest BCUT2D eigenvalue weighted by Gasteiger charge is -2.40. The van der Waals surface area contributed by atoms with Crippen LogP contribution in [0, 0.1) is 34.5 Å². The average molecular weight is 624 g/mol. The van der Waals surface area contributed by atoms with Crippen LogP contribution in [0.2, 0.25) is 0 Å². The van der Waals surface area contributed by atoms with Crippen molar-refractivity contribution in [3.05, 3.63) is 108 Å². The maximum Gasteiger partial charge on any atom is 0.231 e. The second-order valence-electron chi connectivity index (χ2n) is 14.9. The highest BCUT2D eigenvalue weighted by Gasteiger charge is 2.52. The minimum Gasteiger partial charge on any atom is -0.550 e. The molecule has 0 aromatic heterocycles. The van der Waals surface area contributed by atoms with Crippen molar-refractivity contribution >= 4 is 23.7 Å². The van der Waals surface area contributed by atoms with Crippen molar-refractivity contribution < 1.29 is 24.3 Å². The fourth-order valence-corrected chi connectivity index (χ4v) is 7.65. The lowest BCUT2D eigenvalue weighted by Crippen LogP contribution is -2.46. The van der Waals surface area contributed by atoms with E-state index in [1.807, 2.05) is 133 Å². The number of aliphatic carboxylic acids is 1. The molecular formula is C39H47N2O5-. The smallest absolute Gasteiger partial charge is 0.231 e. The summed E-state index contributed by atoms with van der Waals surface area (Å²) in [5.74, 6) is -8.26. The molecular weight excluding hydrogens is 576 g/mol. The molecule has 7 unspecified atom stereocenters. The standard InChI is InChI=1S/C39H48N2O5/c1-38(2,3)30(25-18-12-8-13-19-25)23-29(37(45)46)31(34(40)42)27(24-16-10-7-11-17-24)22-28-32(36(44)41-35(28)43)33(39(4,5)6)26-20-14-9-15-21-26/h7-21,27-33H,22-23H2,1-6H3,(H2,40,42)(H,45,46)(H,41,43,44)/p-1.